The molecule has 2 saturated heterocycles. The molecule has 5 heteroatoms. The molecular formula is C17H29N3O2. The molecule has 1 unspecified atom stereocenters. The molecule has 2 aliphatic rings. The van der Waals surface area contributed by atoms with Crippen LogP contribution in [0.15, 0.2) is 12.4 Å². The molecule has 1 aromatic rings. The third kappa shape index (κ3) is 3.70. The van der Waals surface area contributed by atoms with Crippen LogP contribution in [-0.2, 0) is 22.9 Å². The van der Waals surface area contributed by atoms with E-state index in [0.29, 0.717) is 6.04 Å². The summed E-state index contributed by atoms with van der Waals surface area (Å²) in [5.41, 5.74) is 0.0924. The van der Waals surface area contributed by atoms with Crippen molar-refractivity contribution in [1.82, 2.24) is 14.5 Å². The first-order chi connectivity index (χ1) is 10.7. The molecule has 3 rings (SSSR count). The standard InChI is InChI=1S/C17H29N3O2/c1-19(9-3-4-16-18-8-10-20(16)2)15-5-11-22-17(14-15)6-12-21-13-7-17/h8,10,15H,3-7,9,11-14H2,1-2H3. The van der Waals surface area contributed by atoms with Crippen LogP contribution in [0.4, 0.5) is 0 Å². The van der Waals surface area contributed by atoms with Crippen LogP contribution < -0.4 is 0 Å². The lowest BCUT2D eigenvalue weighted by Gasteiger charge is -2.45. The van der Waals surface area contributed by atoms with E-state index < -0.39 is 0 Å². The van der Waals surface area contributed by atoms with Crippen molar-refractivity contribution >= 4 is 0 Å². The number of aromatic nitrogens is 2. The van der Waals surface area contributed by atoms with E-state index in [0.717, 1.165) is 64.9 Å². The van der Waals surface area contributed by atoms with Crippen molar-refractivity contribution in [2.24, 2.45) is 7.05 Å². The van der Waals surface area contributed by atoms with Gasteiger partial charge in [0.25, 0.3) is 0 Å². The maximum atomic E-state index is 6.15. The molecule has 22 heavy (non-hydrogen) atoms. The van der Waals surface area contributed by atoms with Crippen molar-refractivity contribution in [1.29, 1.82) is 0 Å². The summed E-state index contributed by atoms with van der Waals surface area (Å²) in [5, 5.41) is 0. The van der Waals surface area contributed by atoms with E-state index in [9.17, 15) is 0 Å². The fourth-order valence-electron chi connectivity index (χ4n) is 3.78. The number of rotatable bonds is 5. The zero-order valence-electron chi connectivity index (χ0n) is 14.0. The Bertz CT molecular complexity index is 463. The second-order valence-corrected chi connectivity index (χ2v) is 6.83. The maximum Gasteiger partial charge on any atom is 0.108 e. The Balaban J connectivity index is 1.47. The lowest BCUT2D eigenvalue weighted by Crippen LogP contribution is -2.50. The van der Waals surface area contributed by atoms with E-state index >= 15 is 0 Å². The Morgan fingerprint density at radius 1 is 1.36 bits per heavy atom. The molecule has 5 nitrogen and oxygen atoms in total. The Labute approximate surface area is 133 Å². The molecule has 0 N–H and O–H groups in total. The van der Waals surface area contributed by atoms with Gasteiger partial charge in [0.05, 0.1) is 5.60 Å². The molecular weight excluding hydrogens is 278 g/mol. The van der Waals surface area contributed by atoms with Gasteiger partial charge < -0.3 is 18.9 Å². The molecule has 1 spiro atoms. The van der Waals surface area contributed by atoms with Crippen LogP contribution in [0.2, 0.25) is 0 Å². The predicted octanol–water partition coefficient (Wildman–Crippen LogP) is 2.01. The van der Waals surface area contributed by atoms with Gasteiger partial charge in [-0.1, -0.05) is 0 Å². The Kier molecular flexibility index (Phi) is 5.16. The van der Waals surface area contributed by atoms with Gasteiger partial charge in [0.15, 0.2) is 0 Å². The topological polar surface area (TPSA) is 39.5 Å². The van der Waals surface area contributed by atoms with Gasteiger partial charge in [-0.05, 0) is 45.7 Å². The first kappa shape index (κ1) is 16.0. The van der Waals surface area contributed by atoms with Crippen molar-refractivity contribution in [3.8, 4) is 0 Å². The summed E-state index contributed by atoms with van der Waals surface area (Å²) in [6.07, 6.45) is 10.6. The predicted molar refractivity (Wildman–Crippen MR) is 85.9 cm³/mol. The smallest absolute Gasteiger partial charge is 0.108 e. The molecule has 0 amide bonds. The number of ether oxygens (including phenoxy) is 2. The number of nitrogens with zero attached hydrogens (tertiary/aromatic N) is 3. The van der Waals surface area contributed by atoms with E-state index in [1.165, 1.54) is 5.82 Å². The van der Waals surface area contributed by atoms with Gasteiger partial charge >= 0.3 is 0 Å². The molecule has 0 radical (unpaired) electrons. The van der Waals surface area contributed by atoms with Crippen LogP contribution in [0.25, 0.3) is 0 Å². The minimum absolute atomic E-state index is 0.0924. The summed E-state index contributed by atoms with van der Waals surface area (Å²) in [7, 11) is 4.33. The number of hydrogen-bond donors (Lipinski definition) is 0. The van der Waals surface area contributed by atoms with Crippen LogP contribution in [0.3, 0.4) is 0 Å². The Morgan fingerprint density at radius 3 is 2.91 bits per heavy atom. The Morgan fingerprint density at radius 2 is 2.18 bits per heavy atom. The third-order valence-electron chi connectivity index (χ3n) is 5.33. The van der Waals surface area contributed by atoms with Crippen LogP contribution >= 0.6 is 0 Å². The quantitative estimate of drug-likeness (QED) is 0.834. The zero-order chi connectivity index (χ0) is 15.4. The van der Waals surface area contributed by atoms with Crippen molar-refractivity contribution < 1.29 is 9.47 Å². The van der Waals surface area contributed by atoms with Crippen molar-refractivity contribution in [3.63, 3.8) is 0 Å². The molecule has 0 saturated carbocycles. The number of imidazole rings is 1. The summed E-state index contributed by atoms with van der Waals surface area (Å²) in [5.74, 6) is 1.18. The highest BCUT2D eigenvalue weighted by atomic mass is 16.5. The second-order valence-electron chi connectivity index (χ2n) is 6.83. The van der Waals surface area contributed by atoms with E-state index in [4.69, 9.17) is 9.47 Å². The lowest BCUT2D eigenvalue weighted by molar-refractivity contribution is -0.149. The van der Waals surface area contributed by atoms with Crippen LogP contribution in [0, 0.1) is 0 Å². The molecule has 0 aromatic carbocycles. The SMILES string of the molecule is CN(CCCc1nccn1C)C1CCOC2(CCOCC2)C1. The summed E-state index contributed by atoms with van der Waals surface area (Å²) >= 11 is 0. The summed E-state index contributed by atoms with van der Waals surface area (Å²) in [6, 6.07) is 0.647. The van der Waals surface area contributed by atoms with E-state index in [2.05, 4.69) is 28.5 Å². The third-order valence-corrected chi connectivity index (χ3v) is 5.33. The van der Waals surface area contributed by atoms with Gasteiger partial charge in [0, 0.05) is 51.7 Å². The fourth-order valence-corrected chi connectivity index (χ4v) is 3.78. The molecule has 124 valence electrons. The van der Waals surface area contributed by atoms with Gasteiger partial charge in [-0.2, -0.15) is 0 Å². The highest BCUT2D eigenvalue weighted by molar-refractivity contribution is 4.93. The van der Waals surface area contributed by atoms with Crippen molar-refractivity contribution in [2.75, 3.05) is 33.4 Å². The van der Waals surface area contributed by atoms with Gasteiger partial charge in [0.1, 0.15) is 5.82 Å². The molecule has 2 fully saturated rings. The minimum Gasteiger partial charge on any atom is -0.381 e. The van der Waals surface area contributed by atoms with Gasteiger partial charge in [-0.25, -0.2) is 4.98 Å². The minimum atomic E-state index is 0.0924. The monoisotopic (exact) mass is 307 g/mol. The largest absolute Gasteiger partial charge is 0.381 e. The normalized spacial score (nSPS) is 25.0. The highest BCUT2D eigenvalue weighted by Gasteiger charge is 2.39. The summed E-state index contributed by atoms with van der Waals surface area (Å²) in [4.78, 5) is 6.93. The fraction of sp³-hybridized carbons (Fsp3) is 0.824. The van der Waals surface area contributed by atoms with Gasteiger partial charge in [-0.3, -0.25) is 0 Å². The van der Waals surface area contributed by atoms with E-state index in [1.807, 2.05) is 12.4 Å². The van der Waals surface area contributed by atoms with Crippen LogP contribution in [0.1, 0.15) is 37.9 Å². The summed E-state index contributed by atoms with van der Waals surface area (Å²) in [6.45, 7) is 3.74. The number of aryl methyl sites for hydroxylation is 2. The zero-order valence-corrected chi connectivity index (χ0v) is 14.0. The molecule has 0 bridgehead atoms. The average Bonchev–Trinajstić information content (AvgIpc) is 2.93. The van der Waals surface area contributed by atoms with Gasteiger partial charge in [-0.15, -0.1) is 0 Å². The summed E-state index contributed by atoms with van der Waals surface area (Å²) < 4.78 is 13.8. The van der Waals surface area contributed by atoms with E-state index in [1.54, 1.807) is 0 Å². The maximum absolute atomic E-state index is 6.15. The Hall–Kier alpha value is -0.910. The molecule has 2 aliphatic heterocycles. The van der Waals surface area contributed by atoms with Crippen molar-refractivity contribution in [3.05, 3.63) is 18.2 Å². The molecule has 0 aliphatic carbocycles. The number of hydrogen-bond acceptors (Lipinski definition) is 4. The first-order valence-electron chi connectivity index (χ1n) is 8.57. The lowest BCUT2D eigenvalue weighted by atomic mass is 9.83. The van der Waals surface area contributed by atoms with Crippen LogP contribution in [0.5, 0.6) is 0 Å². The molecule has 3 heterocycles. The van der Waals surface area contributed by atoms with E-state index in [-0.39, 0.29) is 5.60 Å². The second kappa shape index (κ2) is 7.11. The van der Waals surface area contributed by atoms with Gasteiger partial charge in [0.2, 0.25) is 0 Å². The first-order valence-corrected chi connectivity index (χ1v) is 8.57. The average molecular weight is 307 g/mol. The van der Waals surface area contributed by atoms with Crippen molar-refractivity contribution in [2.45, 2.75) is 50.2 Å². The molecule has 1 atom stereocenters. The molecule has 1 aromatic heterocycles. The highest BCUT2D eigenvalue weighted by Crippen LogP contribution is 2.35. The van der Waals surface area contributed by atoms with Crippen LogP contribution in [-0.4, -0.2) is 59.5 Å².